The lowest BCUT2D eigenvalue weighted by Crippen LogP contribution is -2.47. The first kappa shape index (κ1) is 10.7. The van der Waals surface area contributed by atoms with Crippen LogP contribution in [0.2, 0.25) is 0 Å². The highest BCUT2D eigenvalue weighted by Crippen LogP contribution is 2.16. The SMILES string of the molecule is C[C@@H]1OCCN(Cc2ccccc2)[C@@H]1C. The van der Waals surface area contributed by atoms with Crippen LogP contribution in [-0.2, 0) is 11.3 Å². The maximum Gasteiger partial charge on any atom is 0.0700 e. The van der Waals surface area contributed by atoms with Crippen molar-refractivity contribution in [2.45, 2.75) is 32.5 Å². The summed E-state index contributed by atoms with van der Waals surface area (Å²) in [6.07, 6.45) is 0.350. The molecule has 2 atom stereocenters. The second kappa shape index (κ2) is 4.77. The molecule has 1 aliphatic rings. The molecule has 0 aliphatic carbocycles. The normalized spacial score (nSPS) is 27.9. The van der Waals surface area contributed by atoms with Crippen molar-refractivity contribution >= 4 is 0 Å². The highest BCUT2D eigenvalue weighted by molar-refractivity contribution is 5.14. The molecule has 0 saturated carbocycles. The topological polar surface area (TPSA) is 12.5 Å². The zero-order valence-electron chi connectivity index (χ0n) is 9.52. The first-order chi connectivity index (χ1) is 7.27. The Morgan fingerprint density at radius 3 is 2.73 bits per heavy atom. The molecular weight excluding hydrogens is 186 g/mol. The Balaban J connectivity index is 1.99. The molecule has 15 heavy (non-hydrogen) atoms. The van der Waals surface area contributed by atoms with Crippen LogP contribution in [0, 0.1) is 0 Å². The van der Waals surface area contributed by atoms with E-state index in [4.69, 9.17) is 4.74 Å². The summed E-state index contributed by atoms with van der Waals surface area (Å²) in [5, 5.41) is 0. The Labute approximate surface area is 91.9 Å². The van der Waals surface area contributed by atoms with Crippen molar-refractivity contribution in [3.05, 3.63) is 35.9 Å². The number of hydrogen-bond acceptors (Lipinski definition) is 2. The van der Waals surface area contributed by atoms with E-state index in [2.05, 4.69) is 49.1 Å². The van der Waals surface area contributed by atoms with Crippen LogP contribution in [0.5, 0.6) is 0 Å². The lowest BCUT2D eigenvalue weighted by atomic mass is 10.1. The number of ether oxygens (including phenoxy) is 1. The van der Waals surface area contributed by atoms with Gasteiger partial charge < -0.3 is 4.74 Å². The Bertz CT molecular complexity index is 299. The monoisotopic (exact) mass is 205 g/mol. The molecule has 0 amide bonds. The summed E-state index contributed by atoms with van der Waals surface area (Å²) in [5.74, 6) is 0. The summed E-state index contributed by atoms with van der Waals surface area (Å²) in [7, 11) is 0. The van der Waals surface area contributed by atoms with E-state index in [0.717, 1.165) is 19.7 Å². The molecule has 1 heterocycles. The van der Waals surface area contributed by atoms with Crippen molar-refractivity contribution in [2.24, 2.45) is 0 Å². The predicted octanol–water partition coefficient (Wildman–Crippen LogP) is 2.30. The Morgan fingerprint density at radius 1 is 1.27 bits per heavy atom. The van der Waals surface area contributed by atoms with E-state index in [1.807, 2.05) is 0 Å². The molecule has 0 N–H and O–H groups in total. The molecule has 1 aliphatic heterocycles. The largest absolute Gasteiger partial charge is 0.376 e. The highest BCUT2D eigenvalue weighted by Gasteiger charge is 2.24. The van der Waals surface area contributed by atoms with E-state index < -0.39 is 0 Å². The average Bonchev–Trinajstić information content (AvgIpc) is 2.26. The molecule has 1 aromatic carbocycles. The summed E-state index contributed by atoms with van der Waals surface area (Å²) in [5.41, 5.74) is 1.39. The van der Waals surface area contributed by atoms with Crippen molar-refractivity contribution < 1.29 is 4.74 Å². The third kappa shape index (κ3) is 2.58. The molecule has 0 aromatic heterocycles. The van der Waals surface area contributed by atoms with Gasteiger partial charge in [0.2, 0.25) is 0 Å². The average molecular weight is 205 g/mol. The summed E-state index contributed by atoms with van der Waals surface area (Å²) >= 11 is 0. The zero-order chi connectivity index (χ0) is 10.7. The first-order valence-electron chi connectivity index (χ1n) is 5.67. The summed E-state index contributed by atoms with van der Waals surface area (Å²) in [6, 6.07) is 11.2. The van der Waals surface area contributed by atoms with Gasteiger partial charge in [-0.1, -0.05) is 30.3 Å². The van der Waals surface area contributed by atoms with Gasteiger partial charge in [0.05, 0.1) is 12.7 Å². The van der Waals surface area contributed by atoms with Gasteiger partial charge in [-0.05, 0) is 19.4 Å². The third-order valence-electron chi connectivity index (χ3n) is 3.24. The van der Waals surface area contributed by atoms with Gasteiger partial charge in [-0.15, -0.1) is 0 Å². The molecular formula is C13H19NO. The van der Waals surface area contributed by atoms with Crippen LogP contribution in [0.3, 0.4) is 0 Å². The molecule has 2 rings (SSSR count). The molecule has 0 unspecified atom stereocenters. The number of morpholine rings is 1. The number of benzene rings is 1. The molecule has 2 heteroatoms. The van der Waals surface area contributed by atoms with Crippen molar-refractivity contribution in [3.63, 3.8) is 0 Å². The minimum Gasteiger partial charge on any atom is -0.376 e. The van der Waals surface area contributed by atoms with Crippen LogP contribution in [0.1, 0.15) is 19.4 Å². The summed E-state index contributed by atoms with van der Waals surface area (Å²) in [4.78, 5) is 2.49. The van der Waals surface area contributed by atoms with Crippen LogP contribution in [-0.4, -0.2) is 30.2 Å². The van der Waals surface area contributed by atoms with Crippen LogP contribution in [0.15, 0.2) is 30.3 Å². The highest BCUT2D eigenvalue weighted by atomic mass is 16.5. The lowest BCUT2D eigenvalue weighted by Gasteiger charge is -2.37. The molecule has 82 valence electrons. The van der Waals surface area contributed by atoms with Crippen LogP contribution >= 0.6 is 0 Å². The molecule has 0 spiro atoms. The fraction of sp³-hybridized carbons (Fsp3) is 0.538. The third-order valence-corrected chi connectivity index (χ3v) is 3.24. The van der Waals surface area contributed by atoms with E-state index >= 15 is 0 Å². The molecule has 1 fully saturated rings. The minimum absolute atomic E-state index is 0.350. The predicted molar refractivity (Wildman–Crippen MR) is 61.7 cm³/mol. The van der Waals surface area contributed by atoms with E-state index in [0.29, 0.717) is 12.1 Å². The van der Waals surface area contributed by atoms with Gasteiger partial charge in [-0.25, -0.2) is 0 Å². The van der Waals surface area contributed by atoms with Gasteiger partial charge in [-0.3, -0.25) is 4.90 Å². The van der Waals surface area contributed by atoms with Crippen molar-refractivity contribution in [2.75, 3.05) is 13.2 Å². The molecule has 2 nitrogen and oxygen atoms in total. The maximum atomic E-state index is 5.62. The second-order valence-electron chi connectivity index (χ2n) is 4.27. The molecule has 1 aromatic rings. The van der Waals surface area contributed by atoms with Gasteiger partial charge in [0.1, 0.15) is 0 Å². The van der Waals surface area contributed by atoms with E-state index in [1.165, 1.54) is 5.56 Å². The Hall–Kier alpha value is -0.860. The first-order valence-corrected chi connectivity index (χ1v) is 5.67. The summed E-state index contributed by atoms with van der Waals surface area (Å²) in [6.45, 7) is 7.34. The van der Waals surface area contributed by atoms with Gasteiger partial charge >= 0.3 is 0 Å². The molecule has 0 bridgehead atoms. The standard InChI is InChI=1S/C13H19NO/c1-11-12(2)15-9-8-14(11)10-13-6-4-3-5-7-13/h3-7,11-12H,8-10H2,1-2H3/t11-,12+/m1/s1. The lowest BCUT2D eigenvalue weighted by molar-refractivity contribution is -0.0584. The Kier molecular flexibility index (Phi) is 3.39. The molecule has 1 saturated heterocycles. The van der Waals surface area contributed by atoms with Crippen LogP contribution < -0.4 is 0 Å². The number of rotatable bonds is 2. The van der Waals surface area contributed by atoms with Crippen molar-refractivity contribution in [1.29, 1.82) is 0 Å². The number of nitrogens with zero attached hydrogens (tertiary/aromatic N) is 1. The van der Waals surface area contributed by atoms with E-state index in [9.17, 15) is 0 Å². The van der Waals surface area contributed by atoms with E-state index in [-0.39, 0.29) is 0 Å². The zero-order valence-corrected chi connectivity index (χ0v) is 9.52. The Morgan fingerprint density at radius 2 is 2.00 bits per heavy atom. The van der Waals surface area contributed by atoms with Crippen molar-refractivity contribution in [1.82, 2.24) is 4.90 Å². The van der Waals surface area contributed by atoms with Gasteiger partial charge in [0.25, 0.3) is 0 Å². The van der Waals surface area contributed by atoms with Gasteiger partial charge in [-0.2, -0.15) is 0 Å². The number of hydrogen-bond donors (Lipinski definition) is 0. The smallest absolute Gasteiger partial charge is 0.0700 e. The maximum absolute atomic E-state index is 5.62. The molecule has 0 radical (unpaired) electrons. The van der Waals surface area contributed by atoms with Crippen molar-refractivity contribution in [3.8, 4) is 0 Å². The fourth-order valence-corrected chi connectivity index (χ4v) is 2.04. The second-order valence-corrected chi connectivity index (χ2v) is 4.27. The van der Waals surface area contributed by atoms with Crippen LogP contribution in [0.4, 0.5) is 0 Å². The van der Waals surface area contributed by atoms with Crippen LogP contribution in [0.25, 0.3) is 0 Å². The quantitative estimate of drug-likeness (QED) is 0.734. The summed E-state index contributed by atoms with van der Waals surface area (Å²) < 4.78 is 5.62. The van der Waals surface area contributed by atoms with E-state index in [1.54, 1.807) is 0 Å². The van der Waals surface area contributed by atoms with Gasteiger partial charge in [0, 0.05) is 19.1 Å². The minimum atomic E-state index is 0.350. The fourth-order valence-electron chi connectivity index (χ4n) is 2.04. The van der Waals surface area contributed by atoms with Gasteiger partial charge in [0.15, 0.2) is 0 Å².